The van der Waals surface area contributed by atoms with Crippen molar-refractivity contribution in [3.8, 4) is 0 Å². The van der Waals surface area contributed by atoms with E-state index in [4.69, 9.17) is 0 Å². The van der Waals surface area contributed by atoms with Gasteiger partial charge in [0.1, 0.15) is 5.69 Å². The Bertz CT molecular complexity index is 418. The zero-order chi connectivity index (χ0) is 11.5. The van der Waals surface area contributed by atoms with Crippen LogP contribution in [0, 0.1) is 0 Å². The number of rotatable bonds is 3. The topological polar surface area (TPSA) is 78.1 Å². The Balaban J connectivity index is 2.15. The number of likely N-dealkylation sites (N-methyl/N-ethyl adjacent to an activating group) is 1. The van der Waals surface area contributed by atoms with Gasteiger partial charge >= 0.3 is 0 Å². The zero-order valence-electron chi connectivity index (χ0n) is 9.06. The average Bonchev–Trinajstić information content (AvgIpc) is 2.23. The quantitative estimate of drug-likeness (QED) is 0.702. The molecule has 2 rings (SSSR count). The van der Waals surface area contributed by atoms with Gasteiger partial charge in [-0.3, -0.25) is 9.59 Å². The lowest BCUT2D eigenvalue weighted by molar-refractivity contribution is 0.0623. The predicted octanol–water partition coefficient (Wildman–Crippen LogP) is -0.796. The fraction of sp³-hybridized carbons (Fsp3) is 0.500. The monoisotopic (exact) mass is 222 g/mol. The van der Waals surface area contributed by atoms with E-state index >= 15 is 0 Å². The summed E-state index contributed by atoms with van der Waals surface area (Å²) >= 11 is 0. The van der Waals surface area contributed by atoms with E-state index in [1.165, 1.54) is 12.1 Å². The second-order valence-electron chi connectivity index (χ2n) is 3.71. The van der Waals surface area contributed by atoms with Crippen LogP contribution in [0.25, 0.3) is 0 Å². The zero-order valence-corrected chi connectivity index (χ0v) is 9.06. The van der Waals surface area contributed by atoms with Crippen molar-refractivity contribution >= 4 is 5.91 Å². The molecule has 0 atom stereocenters. The van der Waals surface area contributed by atoms with Crippen molar-refractivity contribution in [1.29, 1.82) is 0 Å². The molecule has 1 aromatic heterocycles. The summed E-state index contributed by atoms with van der Waals surface area (Å²) in [5.41, 5.74) is -0.0155. The second kappa shape index (κ2) is 4.44. The molecule has 86 valence electrons. The fourth-order valence-electron chi connectivity index (χ4n) is 1.67. The molecule has 0 bridgehead atoms. The molecule has 1 fully saturated rings. The summed E-state index contributed by atoms with van der Waals surface area (Å²) in [6, 6.07) is 3.01. The minimum absolute atomic E-state index is 0.134. The van der Waals surface area contributed by atoms with Crippen molar-refractivity contribution in [1.82, 2.24) is 20.4 Å². The number of carbonyl (C=O) groups excluding carboxylic acids is 1. The first-order valence-electron chi connectivity index (χ1n) is 5.29. The molecule has 0 aromatic carbocycles. The Morgan fingerprint density at radius 1 is 1.56 bits per heavy atom. The maximum absolute atomic E-state index is 12.0. The highest BCUT2D eigenvalue weighted by Gasteiger charge is 2.28. The molecule has 1 amide bonds. The van der Waals surface area contributed by atoms with Crippen molar-refractivity contribution in [3.63, 3.8) is 0 Å². The number of aromatic nitrogens is 2. The lowest BCUT2D eigenvalue weighted by Crippen LogP contribution is -2.58. The Morgan fingerprint density at radius 3 is 2.75 bits per heavy atom. The fourth-order valence-corrected chi connectivity index (χ4v) is 1.67. The van der Waals surface area contributed by atoms with Gasteiger partial charge in [0, 0.05) is 25.7 Å². The third-order valence-electron chi connectivity index (χ3n) is 2.70. The minimum atomic E-state index is -0.301. The van der Waals surface area contributed by atoms with Crippen LogP contribution >= 0.6 is 0 Å². The summed E-state index contributed by atoms with van der Waals surface area (Å²) in [5.74, 6) is -0.134. The third kappa shape index (κ3) is 1.96. The van der Waals surface area contributed by atoms with E-state index in [-0.39, 0.29) is 23.2 Å². The molecule has 1 aliphatic heterocycles. The normalized spacial score (nSPS) is 15.6. The summed E-state index contributed by atoms with van der Waals surface area (Å²) in [4.78, 5) is 24.6. The van der Waals surface area contributed by atoms with Gasteiger partial charge in [-0.2, -0.15) is 5.10 Å². The van der Waals surface area contributed by atoms with E-state index in [0.29, 0.717) is 6.54 Å². The molecule has 6 nitrogen and oxygen atoms in total. The van der Waals surface area contributed by atoms with Gasteiger partial charge in [0.2, 0.25) is 0 Å². The lowest BCUT2D eigenvalue weighted by Gasteiger charge is -2.37. The number of H-pyrrole nitrogens is 1. The van der Waals surface area contributed by atoms with Crippen LogP contribution in [-0.2, 0) is 0 Å². The van der Waals surface area contributed by atoms with E-state index in [1.54, 1.807) is 4.90 Å². The van der Waals surface area contributed by atoms with Crippen LogP contribution in [-0.4, -0.2) is 46.7 Å². The van der Waals surface area contributed by atoms with Gasteiger partial charge in [-0.05, 0) is 13.0 Å². The van der Waals surface area contributed by atoms with E-state index < -0.39 is 0 Å². The summed E-state index contributed by atoms with van der Waals surface area (Å²) in [6.07, 6.45) is 0. The molecule has 0 radical (unpaired) electrons. The van der Waals surface area contributed by atoms with Crippen LogP contribution in [0.4, 0.5) is 0 Å². The summed E-state index contributed by atoms with van der Waals surface area (Å²) in [5, 5.41) is 9.12. The first-order chi connectivity index (χ1) is 7.72. The second-order valence-corrected chi connectivity index (χ2v) is 3.71. The summed E-state index contributed by atoms with van der Waals surface area (Å²) in [7, 11) is 0. The molecule has 0 saturated carbocycles. The maximum atomic E-state index is 12.0. The van der Waals surface area contributed by atoms with Gasteiger partial charge in [0.15, 0.2) is 0 Å². The molecule has 16 heavy (non-hydrogen) atoms. The molecular weight excluding hydrogens is 208 g/mol. The van der Waals surface area contributed by atoms with Gasteiger partial charge in [0.25, 0.3) is 11.5 Å². The van der Waals surface area contributed by atoms with E-state index in [2.05, 4.69) is 15.5 Å². The average molecular weight is 222 g/mol. The van der Waals surface area contributed by atoms with Gasteiger partial charge in [-0.15, -0.1) is 0 Å². The van der Waals surface area contributed by atoms with Crippen LogP contribution in [0.1, 0.15) is 17.4 Å². The van der Waals surface area contributed by atoms with Crippen LogP contribution in [0.5, 0.6) is 0 Å². The molecule has 1 aliphatic rings. The van der Waals surface area contributed by atoms with Gasteiger partial charge in [-0.25, -0.2) is 5.10 Å². The Morgan fingerprint density at radius 2 is 2.31 bits per heavy atom. The van der Waals surface area contributed by atoms with Gasteiger partial charge in [0.05, 0.1) is 6.04 Å². The van der Waals surface area contributed by atoms with E-state index in [9.17, 15) is 9.59 Å². The largest absolute Gasteiger partial charge is 0.332 e. The smallest absolute Gasteiger partial charge is 0.274 e. The summed E-state index contributed by atoms with van der Waals surface area (Å²) < 4.78 is 0. The van der Waals surface area contributed by atoms with Crippen LogP contribution in [0.15, 0.2) is 16.9 Å². The summed E-state index contributed by atoms with van der Waals surface area (Å²) in [6.45, 7) is 4.22. The highest BCUT2D eigenvalue weighted by Crippen LogP contribution is 2.08. The molecule has 0 unspecified atom stereocenters. The standard InChI is InChI=1S/C10H14N4O2/c1-2-14(7-5-11-6-7)10(16)8-3-4-9(15)13-12-8/h3-4,7,11H,2,5-6H2,1H3,(H,13,15). The van der Waals surface area contributed by atoms with Gasteiger partial charge < -0.3 is 10.2 Å². The van der Waals surface area contributed by atoms with Crippen LogP contribution in [0.3, 0.4) is 0 Å². The molecule has 0 aliphatic carbocycles. The molecule has 0 spiro atoms. The van der Waals surface area contributed by atoms with Crippen molar-refractivity contribution in [2.45, 2.75) is 13.0 Å². The van der Waals surface area contributed by atoms with Crippen molar-refractivity contribution in [3.05, 3.63) is 28.2 Å². The number of aromatic amines is 1. The van der Waals surface area contributed by atoms with E-state index in [0.717, 1.165) is 13.1 Å². The lowest BCUT2D eigenvalue weighted by atomic mass is 10.1. The first kappa shape index (κ1) is 10.8. The highest BCUT2D eigenvalue weighted by molar-refractivity contribution is 5.92. The van der Waals surface area contributed by atoms with Crippen molar-refractivity contribution in [2.75, 3.05) is 19.6 Å². The minimum Gasteiger partial charge on any atom is -0.332 e. The van der Waals surface area contributed by atoms with Crippen molar-refractivity contribution in [2.24, 2.45) is 0 Å². The third-order valence-corrected chi connectivity index (χ3v) is 2.70. The maximum Gasteiger partial charge on any atom is 0.274 e. The first-order valence-corrected chi connectivity index (χ1v) is 5.29. The van der Waals surface area contributed by atoms with Crippen molar-refractivity contribution < 1.29 is 4.79 Å². The molecule has 1 aromatic rings. The number of nitrogens with one attached hydrogen (secondary N) is 2. The molecule has 6 heteroatoms. The number of amides is 1. The Hall–Kier alpha value is -1.69. The Kier molecular flexibility index (Phi) is 3.00. The van der Waals surface area contributed by atoms with Crippen LogP contribution < -0.4 is 10.9 Å². The number of nitrogens with zero attached hydrogens (tertiary/aromatic N) is 2. The van der Waals surface area contributed by atoms with Gasteiger partial charge in [-0.1, -0.05) is 0 Å². The number of hydrogen-bond donors (Lipinski definition) is 2. The molecular formula is C10H14N4O2. The van der Waals surface area contributed by atoms with E-state index in [1.807, 2.05) is 6.92 Å². The highest BCUT2D eigenvalue weighted by atomic mass is 16.2. The SMILES string of the molecule is CCN(C(=O)c1ccc(=O)[nH]n1)C1CNC1. The molecule has 1 saturated heterocycles. The Labute approximate surface area is 92.7 Å². The number of hydrogen-bond acceptors (Lipinski definition) is 4. The molecule has 2 N–H and O–H groups in total. The van der Waals surface area contributed by atoms with Crippen LogP contribution in [0.2, 0.25) is 0 Å². The predicted molar refractivity (Wildman–Crippen MR) is 58.2 cm³/mol. The number of carbonyl (C=O) groups is 1. The molecule has 2 heterocycles.